The van der Waals surface area contributed by atoms with E-state index in [9.17, 15) is 4.79 Å². The minimum atomic E-state index is -0.185. The highest BCUT2D eigenvalue weighted by Gasteiger charge is 2.30. The summed E-state index contributed by atoms with van der Waals surface area (Å²) in [5.74, 6) is 0. The average Bonchev–Trinajstić information content (AvgIpc) is 3.01. The molecule has 4 saturated heterocycles. The van der Waals surface area contributed by atoms with E-state index in [0.717, 1.165) is 63.5 Å². The third kappa shape index (κ3) is 8.91. The van der Waals surface area contributed by atoms with Crippen molar-refractivity contribution >= 4 is 6.09 Å². The van der Waals surface area contributed by atoms with Crippen LogP contribution in [0.4, 0.5) is 4.79 Å². The summed E-state index contributed by atoms with van der Waals surface area (Å²) in [5, 5.41) is 3.42. The molecule has 1 amide bonds. The maximum absolute atomic E-state index is 12.2. The van der Waals surface area contributed by atoms with Gasteiger partial charge in [-0.1, -0.05) is 30.3 Å². The molecular weight excluding hydrogens is 480 g/mol. The zero-order chi connectivity index (χ0) is 26.6. The molecule has 1 N–H and O–H groups in total. The topological polar surface area (TPSA) is 66.5 Å². The minimum Gasteiger partial charge on any atom is -0.445 e. The van der Waals surface area contributed by atoms with Gasteiger partial charge in [-0.15, -0.1) is 0 Å². The van der Waals surface area contributed by atoms with Gasteiger partial charge >= 0.3 is 6.09 Å². The van der Waals surface area contributed by atoms with Crippen molar-refractivity contribution in [2.75, 3.05) is 66.6 Å². The predicted molar refractivity (Wildman–Crippen MR) is 150 cm³/mol. The molecule has 0 aromatic heterocycles. The Hall–Kier alpha value is -1.71. The molecule has 0 radical (unpaired) electrons. The van der Waals surface area contributed by atoms with E-state index in [4.69, 9.17) is 14.2 Å². The second-order valence-electron chi connectivity index (χ2n) is 11.2. The molecule has 8 heteroatoms. The molecule has 38 heavy (non-hydrogen) atoms. The maximum atomic E-state index is 12.2. The minimum absolute atomic E-state index is 0.185. The third-order valence-corrected chi connectivity index (χ3v) is 8.89. The SMILES string of the molecule is COC1CCN(C2CCN(C(=O)OCc3ccccc3)CC2)CC1.COC1CCN(C2CCNCC2)CC1. The molecule has 4 heterocycles. The molecule has 5 rings (SSSR count). The standard InChI is InChI=1S/C19H28N2O3.C11H22N2O/c1-23-18-9-13-20(14-10-18)17-7-11-21(12-8-17)19(22)24-15-16-5-3-2-4-6-16;1-14-11-4-8-13(9-5-11)10-2-6-12-7-3-10/h2-6,17-18H,7-15H2,1H3;10-12H,2-9H2,1H3. The summed E-state index contributed by atoms with van der Waals surface area (Å²) in [4.78, 5) is 19.3. The van der Waals surface area contributed by atoms with Gasteiger partial charge in [0.05, 0.1) is 12.2 Å². The van der Waals surface area contributed by atoms with Gasteiger partial charge in [0.2, 0.25) is 0 Å². The number of methoxy groups -OCH3 is 2. The van der Waals surface area contributed by atoms with Crippen LogP contribution in [0.15, 0.2) is 30.3 Å². The van der Waals surface area contributed by atoms with Crippen molar-refractivity contribution in [2.24, 2.45) is 0 Å². The molecule has 0 aliphatic carbocycles. The van der Waals surface area contributed by atoms with Crippen molar-refractivity contribution in [2.45, 2.75) is 82.3 Å². The summed E-state index contributed by atoms with van der Waals surface area (Å²) in [7, 11) is 3.64. The van der Waals surface area contributed by atoms with Crippen LogP contribution in [0.25, 0.3) is 0 Å². The van der Waals surface area contributed by atoms with E-state index in [0.29, 0.717) is 24.9 Å². The number of hydrogen-bond acceptors (Lipinski definition) is 7. The van der Waals surface area contributed by atoms with E-state index in [1.54, 1.807) is 7.11 Å². The number of hydrogen-bond donors (Lipinski definition) is 1. The Labute approximate surface area is 230 Å². The lowest BCUT2D eigenvalue weighted by molar-refractivity contribution is 0.0130. The van der Waals surface area contributed by atoms with Crippen LogP contribution in [-0.2, 0) is 20.8 Å². The zero-order valence-corrected chi connectivity index (χ0v) is 23.7. The van der Waals surface area contributed by atoms with Crippen LogP contribution in [0.1, 0.15) is 56.9 Å². The summed E-state index contributed by atoms with van der Waals surface area (Å²) in [6.07, 6.45) is 10.2. The summed E-state index contributed by atoms with van der Waals surface area (Å²) in [6.45, 7) is 9.05. The fraction of sp³-hybridized carbons (Fsp3) is 0.767. The number of carbonyl (C=O) groups excluding carboxylic acids is 1. The van der Waals surface area contributed by atoms with Crippen LogP contribution >= 0.6 is 0 Å². The first-order chi connectivity index (χ1) is 18.7. The zero-order valence-electron chi connectivity index (χ0n) is 23.7. The van der Waals surface area contributed by atoms with E-state index in [-0.39, 0.29) is 6.09 Å². The number of amides is 1. The molecule has 4 fully saturated rings. The van der Waals surface area contributed by atoms with Gasteiger partial charge in [-0.2, -0.15) is 0 Å². The molecule has 1 aromatic rings. The predicted octanol–water partition coefficient (Wildman–Crippen LogP) is 3.75. The van der Waals surface area contributed by atoms with Crippen LogP contribution in [0.2, 0.25) is 0 Å². The van der Waals surface area contributed by atoms with Crippen LogP contribution in [0.3, 0.4) is 0 Å². The van der Waals surface area contributed by atoms with Crippen molar-refractivity contribution in [3.63, 3.8) is 0 Å². The van der Waals surface area contributed by atoms with Crippen molar-refractivity contribution in [1.82, 2.24) is 20.0 Å². The van der Waals surface area contributed by atoms with Gasteiger partial charge in [-0.3, -0.25) is 0 Å². The average molecular weight is 531 g/mol. The van der Waals surface area contributed by atoms with Gasteiger partial charge in [0.1, 0.15) is 6.61 Å². The summed E-state index contributed by atoms with van der Waals surface area (Å²) >= 11 is 0. The molecule has 4 aliphatic rings. The Bertz CT molecular complexity index is 783. The molecule has 0 atom stereocenters. The number of rotatable bonds is 6. The lowest BCUT2D eigenvalue weighted by Gasteiger charge is -2.41. The Kier molecular flexibility index (Phi) is 12.2. The highest BCUT2D eigenvalue weighted by Crippen LogP contribution is 2.23. The third-order valence-electron chi connectivity index (χ3n) is 8.89. The first-order valence-corrected chi connectivity index (χ1v) is 14.9. The van der Waals surface area contributed by atoms with E-state index in [1.165, 1.54) is 51.9 Å². The maximum Gasteiger partial charge on any atom is 0.410 e. The molecule has 214 valence electrons. The molecule has 0 unspecified atom stereocenters. The molecule has 4 aliphatic heterocycles. The Morgan fingerprint density at radius 2 is 1.24 bits per heavy atom. The number of nitrogens with one attached hydrogen (secondary N) is 1. The van der Waals surface area contributed by atoms with Crippen molar-refractivity contribution in [3.05, 3.63) is 35.9 Å². The second kappa shape index (κ2) is 15.8. The monoisotopic (exact) mass is 530 g/mol. The number of nitrogens with zero attached hydrogens (tertiary/aromatic N) is 3. The van der Waals surface area contributed by atoms with Crippen LogP contribution in [0.5, 0.6) is 0 Å². The van der Waals surface area contributed by atoms with Gasteiger partial charge < -0.3 is 34.2 Å². The van der Waals surface area contributed by atoms with Crippen LogP contribution < -0.4 is 5.32 Å². The molecule has 0 saturated carbocycles. The van der Waals surface area contributed by atoms with Gasteiger partial charge in [0.25, 0.3) is 0 Å². The van der Waals surface area contributed by atoms with E-state index < -0.39 is 0 Å². The number of benzene rings is 1. The Morgan fingerprint density at radius 3 is 1.74 bits per heavy atom. The van der Waals surface area contributed by atoms with Crippen LogP contribution in [-0.4, -0.2) is 112 Å². The van der Waals surface area contributed by atoms with E-state index in [2.05, 4.69) is 15.1 Å². The fourth-order valence-corrected chi connectivity index (χ4v) is 6.35. The highest BCUT2D eigenvalue weighted by atomic mass is 16.6. The van der Waals surface area contributed by atoms with Gasteiger partial charge in [0.15, 0.2) is 0 Å². The summed E-state index contributed by atoms with van der Waals surface area (Å²) in [5.41, 5.74) is 1.03. The lowest BCUT2D eigenvalue weighted by Crippen LogP contribution is -2.49. The van der Waals surface area contributed by atoms with E-state index >= 15 is 0 Å². The first kappa shape index (κ1) is 29.3. The van der Waals surface area contributed by atoms with Gasteiger partial charge in [-0.25, -0.2) is 4.79 Å². The number of piperidine rings is 4. The molecule has 1 aromatic carbocycles. The first-order valence-electron chi connectivity index (χ1n) is 14.9. The summed E-state index contributed by atoms with van der Waals surface area (Å²) < 4.78 is 16.3. The fourth-order valence-electron chi connectivity index (χ4n) is 6.35. The quantitative estimate of drug-likeness (QED) is 0.601. The molecule has 0 spiro atoms. The van der Waals surface area contributed by atoms with Crippen molar-refractivity contribution in [3.8, 4) is 0 Å². The normalized spacial score (nSPS) is 23.6. The largest absolute Gasteiger partial charge is 0.445 e. The summed E-state index contributed by atoms with van der Waals surface area (Å²) in [6, 6.07) is 11.3. The molecule has 8 nitrogen and oxygen atoms in total. The number of likely N-dealkylation sites (tertiary alicyclic amines) is 3. The number of carbonyl (C=O) groups is 1. The van der Waals surface area contributed by atoms with Crippen LogP contribution in [0, 0.1) is 0 Å². The second-order valence-corrected chi connectivity index (χ2v) is 11.2. The van der Waals surface area contributed by atoms with Crippen molar-refractivity contribution < 1.29 is 19.0 Å². The Balaban J connectivity index is 0.000000204. The molecular formula is C30H50N4O4. The van der Waals surface area contributed by atoms with Gasteiger partial charge in [-0.05, 0) is 70.0 Å². The number of ether oxygens (including phenoxy) is 3. The van der Waals surface area contributed by atoms with Crippen molar-refractivity contribution in [1.29, 1.82) is 0 Å². The van der Waals surface area contributed by atoms with Gasteiger partial charge in [0, 0.05) is 65.6 Å². The molecule has 0 bridgehead atoms. The smallest absolute Gasteiger partial charge is 0.410 e. The Morgan fingerprint density at radius 1 is 0.737 bits per heavy atom. The lowest BCUT2D eigenvalue weighted by atomic mass is 9.99. The van der Waals surface area contributed by atoms with E-state index in [1.807, 2.05) is 42.3 Å². The highest BCUT2D eigenvalue weighted by molar-refractivity contribution is 5.67.